The highest BCUT2D eigenvalue weighted by Crippen LogP contribution is 1.74. The first-order valence-corrected chi connectivity index (χ1v) is 3.41. The third-order valence-electron chi connectivity index (χ3n) is 0.605. The number of hydrogen-bond donors (Lipinski definition) is 4. The van der Waals surface area contributed by atoms with Crippen molar-refractivity contribution in [1.29, 1.82) is 0 Å². The molecule has 0 aliphatic rings. The monoisotopic (exact) mass is 238 g/mol. The Morgan fingerprint density at radius 1 is 0.625 bits per heavy atom. The first-order valence-electron chi connectivity index (χ1n) is 3.41. The van der Waals surface area contributed by atoms with Crippen LogP contribution in [0.15, 0.2) is 0 Å². The van der Waals surface area contributed by atoms with Gasteiger partial charge in [0.1, 0.15) is 19.6 Å². The molecule has 0 amide bonds. The molecule has 16 heavy (non-hydrogen) atoms. The van der Waals surface area contributed by atoms with Gasteiger partial charge in [-0.1, -0.05) is 0 Å². The van der Waals surface area contributed by atoms with Gasteiger partial charge in [-0.25, -0.2) is 0 Å². The van der Waals surface area contributed by atoms with Crippen LogP contribution in [-0.4, -0.2) is 51.1 Å². The number of hydrogen-bond acceptors (Lipinski definition) is 5. The van der Waals surface area contributed by atoms with Gasteiger partial charge in [-0.05, 0) is 0 Å². The van der Waals surface area contributed by atoms with Gasteiger partial charge >= 0.3 is 23.9 Å². The molecule has 0 aromatic rings. The SMILES string of the molecule is C=O.O=C(O)CC(=O)O.O=C(O)CC(=O)O. The summed E-state index contributed by atoms with van der Waals surface area (Å²) in [5.74, 6) is -5.25. The Kier molecular flexibility index (Phi) is 15.0. The summed E-state index contributed by atoms with van der Waals surface area (Å²) in [6.07, 6.45) is -1.61. The lowest BCUT2D eigenvalue weighted by Gasteiger charge is -1.80. The molecule has 0 bridgehead atoms. The van der Waals surface area contributed by atoms with Gasteiger partial charge in [0, 0.05) is 0 Å². The van der Waals surface area contributed by atoms with Crippen LogP contribution in [0.3, 0.4) is 0 Å². The lowest BCUT2D eigenvalue weighted by atomic mass is 10.5. The number of rotatable bonds is 4. The highest BCUT2D eigenvalue weighted by molar-refractivity contribution is 5.89. The van der Waals surface area contributed by atoms with Gasteiger partial charge in [0.25, 0.3) is 0 Å². The van der Waals surface area contributed by atoms with Crippen molar-refractivity contribution < 1.29 is 44.4 Å². The van der Waals surface area contributed by atoms with Crippen molar-refractivity contribution in [3.8, 4) is 0 Å². The lowest BCUT2D eigenvalue weighted by molar-refractivity contribution is -0.149. The van der Waals surface area contributed by atoms with E-state index in [1.165, 1.54) is 0 Å². The van der Waals surface area contributed by atoms with Gasteiger partial charge in [-0.3, -0.25) is 19.2 Å². The van der Waals surface area contributed by atoms with Gasteiger partial charge in [0.2, 0.25) is 0 Å². The zero-order valence-corrected chi connectivity index (χ0v) is 7.95. The Bertz CT molecular complexity index is 207. The summed E-state index contributed by atoms with van der Waals surface area (Å²) in [5.41, 5.74) is 0. The molecule has 92 valence electrons. The van der Waals surface area contributed by atoms with Crippen LogP contribution in [0, 0.1) is 0 Å². The molecule has 0 fully saturated rings. The summed E-state index contributed by atoms with van der Waals surface area (Å²) in [5, 5.41) is 30.8. The van der Waals surface area contributed by atoms with Crippen molar-refractivity contribution in [1.82, 2.24) is 0 Å². The van der Waals surface area contributed by atoms with Crippen LogP contribution in [0.1, 0.15) is 12.8 Å². The first-order chi connectivity index (χ1) is 7.25. The smallest absolute Gasteiger partial charge is 0.314 e. The van der Waals surface area contributed by atoms with E-state index in [0.29, 0.717) is 0 Å². The van der Waals surface area contributed by atoms with Gasteiger partial charge < -0.3 is 25.2 Å². The summed E-state index contributed by atoms with van der Waals surface area (Å²) >= 11 is 0. The van der Waals surface area contributed by atoms with Gasteiger partial charge in [0.15, 0.2) is 0 Å². The molecule has 0 aromatic heterocycles. The Morgan fingerprint density at radius 3 is 0.750 bits per heavy atom. The van der Waals surface area contributed by atoms with Crippen LogP contribution in [0.5, 0.6) is 0 Å². The van der Waals surface area contributed by atoms with Crippen molar-refractivity contribution in [3.05, 3.63) is 0 Å². The van der Waals surface area contributed by atoms with Crippen LogP contribution < -0.4 is 0 Å². The molecule has 0 aliphatic heterocycles. The second kappa shape index (κ2) is 12.5. The second-order valence-electron chi connectivity index (χ2n) is 1.93. The standard InChI is InChI=1S/2C3H4O4.CH2O/c2*4-2(5)1-3(6)7;1-2/h2*1H2,(H,4,5)(H,6,7);1H2. The summed E-state index contributed by atoms with van der Waals surface area (Å²) in [7, 11) is 0. The fourth-order valence-corrected chi connectivity index (χ4v) is 0.259. The molecule has 0 spiro atoms. The van der Waals surface area contributed by atoms with Crippen LogP contribution >= 0.6 is 0 Å². The minimum absolute atomic E-state index is 0.806. The van der Waals surface area contributed by atoms with E-state index < -0.39 is 36.7 Å². The molecule has 9 nitrogen and oxygen atoms in total. The Hall–Kier alpha value is -2.45. The molecule has 0 aromatic carbocycles. The Morgan fingerprint density at radius 2 is 0.750 bits per heavy atom. The van der Waals surface area contributed by atoms with E-state index in [9.17, 15) is 19.2 Å². The van der Waals surface area contributed by atoms with Crippen molar-refractivity contribution >= 4 is 30.7 Å². The molecule has 0 radical (unpaired) electrons. The number of carbonyl (C=O) groups excluding carboxylic acids is 1. The third kappa shape index (κ3) is 41.7. The summed E-state index contributed by atoms with van der Waals surface area (Å²) in [6.45, 7) is 2.00. The van der Waals surface area contributed by atoms with Crippen molar-refractivity contribution in [3.63, 3.8) is 0 Å². The highest BCUT2D eigenvalue weighted by Gasteiger charge is 2.02. The third-order valence-corrected chi connectivity index (χ3v) is 0.605. The minimum atomic E-state index is -1.31. The molecule has 9 heteroatoms. The molecular formula is C7H10O9. The zero-order valence-electron chi connectivity index (χ0n) is 7.95. The van der Waals surface area contributed by atoms with Gasteiger partial charge in [-0.15, -0.1) is 0 Å². The van der Waals surface area contributed by atoms with Crippen LogP contribution in [-0.2, 0) is 24.0 Å². The van der Waals surface area contributed by atoms with Crippen LogP contribution in [0.4, 0.5) is 0 Å². The Labute approximate surface area is 88.9 Å². The molecule has 0 rings (SSSR count). The largest absolute Gasteiger partial charge is 0.481 e. The highest BCUT2D eigenvalue weighted by atomic mass is 16.4. The maximum atomic E-state index is 9.43. The minimum Gasteiger partial charge on any atom is -0.481 e. The van der Waals surface area contributed by atoms with Gasteiger partial charge in [-0.2, -0.15) is 0 Å². The predicted molar refractivity (Wildman–Crippen MR) is 46.9 cm³/mol. The van der Waals surface area contributed by atoms with Crippen molar-refractivity contribution in [2.45, 2.75) is 12.8 Å². The topological polar surface area (TPSA) is 166 Å². The number of aliphatic carboxylic acids is 4. The lowest BCUT2D eigenvalue weighted by Crippen LogP contribution is -2.03. The van der Waals surface area contributed by atoms with E-state index in [1.807, 2.05) is 6.79 Å². The molecule has 0 saturated heterocycles. The number of carboxylic acid groups (broad SMARTS) is 4. The predicted octanol–water partition coefficient (Wildman–Crippen LogP) is -1.09. The molecular weight excluding hydrogens is 228 g/mol. The van der Waals surface area contributed by atoms with Crippen LogP contribution in [0.2, 0.25) is 0 Å². The van der Waals surface area contributed by atoms with E-state index in [4.69, 9.17) is 25.2 Å². The normalized spacial score (nSPS) is 7.25. The van der Waals surface area contributed by atoms with E-state index in [1.54, 1.807) is 0 Å². The van der Waals surface area contributed by atoms with E-state index in [-0.39, 0.29) is 0 Å². The summed E-state index contributed by atoms with van der Waals surface area (Å²) in [4.78, 5) is 45.7. The molecule has 0 heterocycles. The summed E-state index contributed by atoms with van der Waals surface area (Å²) < 4.78 is 0. The fourth-order valence-electron chi connectivity index (χ4n) is 0.259. The van der Waals surface area contributed by atoms with Crippen molar-refractivity contribution in [2.75, 3.05) is 0 Å². The van der Waals surface area contributed by atoms with Crippen LogP contribution in [0.25, 0.3) is 0 Å². The number of carboxylic acids is 4. The average molecular weight is 238 g/mol. The molecule has 0 aliphatic carbocycles. The van der Waals surface area contributed by atoms with Gasteiger partial charge in [0.05, 0.1) is 0 Å². The fraction of sp³-hybridized carbons (Fsp3) is 0.286. The average Bonchev–Trinajstić information content (AvgIpc) is 2.03. The van der Waals surface area contributed by atoms with Crippen molar-refractivity contribution in [2.24, 2.45) is 0 Å². The zero-order chi connectivity index (χ0) is 13.7. The number of carbonyl (C=O) groups is 5. The molecule has 0 unspecified atom stereocenters. The first kappa shape index (κ1) is 19.2. The van der Waals surface area contributed by atoms with E-state index in [2.05, 4.69) is 0 Å². The molecule has 4 N–H and O–H groups in total. The maximum Gasteiger partial charge on any atom is 0.314 e. The molecule has 0 atom stereocenters. The van der Waals surface area contributed by atoms with E-state index in [0.717, 1.165) is 0 Å². The quantitative estimate of drug-likeness (QED) is 0.444. The second-order valence-corrected chi connectivity index (χ2v) is 1.93. The molecule has 0 saturated carbocycles. The maximum absolute atomic E-state index is 9.43. The van der Waals surface area contributed by atoms with E-state index >= 15 is 0 Å². The summed E-state index contributed by atoms with van der Waals surface area (Å²) in [6, 6.07) is 0. The Balaban J connectivity index is -0.000000183.